The Morgan fingerprint density at radius 2 is 2.00 bits per heavy atom. The van der Waals surface area contributed by atoms with Gasteiger partial charge in [-0.05, 0) is 55.3 Å². The maximum Gasteiger partial charge on any atom is 0.121 e. The molecule has 0 radical (unpaired) electrons. The van der Waals surface area contributed by atoms with E-state index < -0.39 is 0 Å². The molecule has 1 heterocycles. The fraction of sp³-hybridized carbons (Fsp3) is 0.867. The maximum atomic E-state index is 5.81. The van der Waals surface area contributed by atoms with Crippen molar-refractivity contribution >= 4 is 0 Å². The fourth-order valence-corrected chi connectivity index (χ4v) is 5.87. The van der Waals surface area contributed by atoms with Crippen LogP contribution in [0, 0.1) is 22.7 Å². The lowest BCUT2D eigenvalue weighted by molar-refractivity contribution is -0.138. The number of rotatable bonds is 0. The molecule has 0 amide bonds. The smallest absolute Gasteiger partial charge is 0.121 e. The fourth-order valence-electron chi connectivity index (χ4n) is 5.87. The second-order valence-electron chi connectivity index (χ2n) is 7.61. The monoisotopic (exact) mass is 249 g/mol. The molecule has 4 rings (SSSR count). The van der Waals surface area contributed by atoms with Gasteiger partial charge in [0.15, 0.2) is 0 Å². The number of nitrogens with one attached hydrogen (secondary N) is 1. The van der Waals surface area contributed by atoms with Crippen molar-refractivity contribution in [1.82, 2.24) is 5.64 Å². The van der Waals surface area contributed by atoms with E-state index in [9.17, 15) is 0 Å². The standard InChI is InChI=1S/C15H23NO2/c1-9-5-6-10-13(2,3)11-7-15(9,10)8-12-14(11,4)18-16-17-12/h10-12,16H,1,5-8H2,2-4H3/t10-,11+,12?,14?,15+/m0/s1. The summed E-state index contributed by atoms with van der Waals surface area (Å²) in [6.07, 6.45) is 5.01. The number of hydrogen-bond acceptors (Lipinski definition) is 3. The zero-order valence-electron chi connectivity index (χ0n) is 11.6. The van der Waals surface area contributed by atoms with Gasteiger partial charge in [-0.2, -0.15) is 0 Å². The molecule has 100 valence electrons. The number of allylic oxidation sites excluding steroid dienone is 1. The van der Waals surface area contributed by atoms with Crippen LogP contribution in [0.4, 0.5) is 0 Å². The predicted molar refractivity (Wildman–Crippen MR) is 68.3 cm³/mol. The average molecular weight is 249 g/mol. The minimum atomic E-state index is -0.167. The Kier molecular flexibility index (Phi) is 1.92. The first-order chi connectivity index (χ1) is 8.41. The highest BCUT2D eigenvalue weighted by Crippen LogP contribution is 2.73. The third kappa shape index (κ3) is 1.01. The Bertz CT molecular complexity index is 428. The Morgan fingerprint density at radius 1 is 1.22 bits per heavy atom. The van der Waals surface area contributed by atoms with Crippen LogP contribution >= 0.6 is 0 Å². The second kappa shape index (κ2) is 3.02. The summed E-state index contributed by atoms with van der Waals surface area (Å²) < 4.78 is 0. The van der Waals surface area contributed by atoms with Crippen LogP contribution in [0.3, 0.4) is 0 Å². The van der Waals surface area contributed by atoms with Crippen molar-refractivity contribution in [1.29, 1.82) is 0 Å². The SMILES string of the molecule is C=C1CC[C@H]2C(C)(C)[C@H]3C[C@@]12CC1ONOC13C. The minimum absolute atomic E-state index is 0.167. The molecule has 0 aromatic heterocycles. The molecular formula is C15H23NO2. The maximum absolute atomic E-state index is 5.81. The van der Waals surface area contributed by atoms with Gasteiger partial charge in [0, 0.05) is 0 Å². The van der Waals surface area contributed by atoms with Crippen molar-refractivity contribution in [2.45, 2.75) is 58.2 Å². The highest BCUT2D eigenvalue weighted by atomic mass is 17.0. The van der Waals surface area contributed by atoms with Crippen LogP contribution in [0.1, 0.15) is 46.5 Å². The first-order valence-corrected chi connectivity index (χ1v) is 7.18. The summed E-state index contributed by atoms with van der Waals surface area (Å²) >= 11 is 0. The molecule has 4 aliphatic rings. The van der Waals surface area contributed by atoms with E-state index in [-0.39, 0.29) is 11.7 Å². The minimum Gasteiger partial charge on any atom is -0.270 e. The highest BCUT2D eigenvalue weighted by Gasteiger charge is 2.72. The van der Waals surface area contributed by atoms with E-state index in [0.717, 1.165) is 12.3 Å². The van der Waals surface area contributed by atoms with Gasteiger partial charge in [-0.3, -0.25) is 9.68 Å². The lowest BCUT2D eigenvalue weighted by Gasteiger charge is -2.44. The Morgan fingerprint density at radius 3 is 2.78 bits per heavy atom. The largest absolute Gasteiger partial charge is 0.270 e. The predicted octanol–water partition coefficient (Wildman–Crippen LogP) is 2.98. The van der Waals surface area contributed by atoms with Gasteiger partial charge >= 0.3 is 0 Å². The number of hydrogen-bond donors (Lipinski definition) is 1. The quantitative estimate of drug-likeness (QED) is 0.669. The topological polar surface area (TPSA) is 30.5 Å². The molecule has 0 aromatic rings. The van der Waals surface area contributed by atoms with Gasteiger partial charge in [0.05, 0.1) is 0 Å². The molecule has 2 bridgehead atoms. The Hall–Kier alpha value is -0.380. The molecule has 2 unspecified atom stereocenters. The van der Waals surface area contributed by atoms with E-state index in [1.165, 1.54) is 24.8 Å². The zero-order chi connectivity index (χ0) is 12.8. The molecule has 1 N–H and O–H groups in total. The molecule has 1 saturated heterocycles. The average Bonchev–Trinajstić information content (AvgIpc) is 2.87. The van der Waals surface area contributed by atoms with Crippen LogP contribution < -0.4 is 5.64 Å². The van der Waals surface area contributed by atoms with E-state index in [1.54, 1.807) is 0 Å². The first kappa shape index (κ1) is 11.4. The molecule has 3 saturated carbocycles. The molecular weight excluding hydrogens is 226 g/mol. The van der Waals surface area contributed by atoms with Gasteiger partial charge in [0.1, 0.15) is 11.7 Å². The van der Waals surface area contributed by atoms with Gasteiger partial charge < -0.3 is 0 Å². The molecule has 1 aliphatic heterocycles. The van der Waals surface area contributed by atoms with Crippen LogP contribution in [-0.2, 0) is 9.68 Å². The van der Waals surface area contributed by atoms with Crippen molar-refractivity contribution in [3.05, 3.63) is 12.2 Å². The molecule has 3 nitrogen and oxygen atoms in total. The van der Waals surface area contributed by atoms with Crippen LogP contribution in [0.25, 0.3) is 0 Å². The van der Waals surface area contributed by atoms with Crippen molar-refractivity contribution in [2.24, 2.45) is 22.7 Å². The van der Waals surface area contributed by atoms with Crippen molar-refractivity contribution in [3.63, 3.8) is 0 Å². The highest BCUT2D eigenvalue weighted by molar-refractivity contribution is 5.30. The number of fused-ring (bicyclic) bond motifs is 3. The van der Waals surface area contributed by atoms with Crippen LogP contribution in [0.15, 0.2) is 12.2 Å². The van der Waals surface area contributed by atoms with Gasteiger partial charge in [-0.15, -0.1) is 0 Å². The van der Waals surface area contributed by atoms with Gasteiger partial charge in [-0.25, -0.2) is 0 Å². The van der Waals surface area contributed by atoms with Crippen molar-refractivity contribution < 1.29 is 9.68 Å². The third-order valence-electron chi connectivity index (χ3n) is 6.80. The van der Waals surface area contributed by atoms with E-state index >= 15 is 0 Å². The molecule has 0 aromatic carbocycles. The molecule has 18 heavy (non-hydrogen) atoms. The summed E-state index contributed by atoms with van der Waals surface area (Å²) in [5.74, 6) is 1.32. The molecule has 1 spiro atoms. The van der Waals surface area contributed by atoms with E-state index in [0.29, 0.717) is 16.7 Å². The summed E-state index contributed by atoms with van der Waals surface area (Å²) in [5.41, 5.74) is 4.64. The summed E-state index contributed by atoms with van der Waals surface area (Å²) in [6.45, 7) is 11.5. The molecule has 3 heteroatoms. The Balaban J connectivity index is 1.87. The summed E-state index contributed by atoms with van der Waals surface area (Å²) in [6, 6.07) is 0. The third-order valence-corrected chi connectivity index (χ3v) is 6.80. The second-order valence-corrected chi connectivity index (χ2v) is 7.61. The lowest BCUT2D eigenvalue weighted by Crippen LogP contribution is -2.51. The van der Waals surface area contributed by atoms with Crippen LogP contribution in [0.5, 0.6) is 0 Å². The van der Waals surface area contributed by atoms with Gasteiger partial charge in [0.2, 0.25) is 0 Å². The molecule has 4 fully saturated rings. The summed E-state index contributed by atoms with van der Waals surface area (Å²) in [5, 5.41) is 0. The van der Waals surface area contributed by atoms with Crippen molar-refractivity contribution in [2.75, 3.05) is 0 Å². The Labute approximate surface area is 109 Å². The van der Waals surface area contributed by atoms with Gasteiger partial charge in [0.25, 0.3) is 0 Å². The van der Waals surface area contributed by atoms with E-state index in [4.69, 9.17) is 9.68 Å². The zero-order valence-corrected chi connectivity index (χ0v) is 11.6. The normalized spacial score (nSPS) is 56.6. The van der Waals surface area contributed by atoms with Crippen LogP contribution in [-0.4, -0.2) is 11.7 Å². The lowest BCUT2D eigenvalue weighted by atomic mass is 9.64. The summed E-state index contributed by atoms with van der Waals surface area (Å²) in [4.78, 5) is 11.5. The molecule has 5 atom stereocenters. The van der Waals surface area contributed by atoms with Crippen LogP contribution in [0.2, 0.25) is 0 Å². The molecule has 3 aliphatic carbocycles. The van der Waals surface area contributed by atoms with E-state index in [1.807, 2.05) is 0 Å². The van der Waals surface area contributed by atoms with Gasteiger partial charge in [-0.1, -0.05) is 31.6 Å². The van der Waals surface area contributed by atoms with E-state index in [2.05, 4.69) is 33.0 Å². The van der Waals surface area contributed by atoms with Crippen molar-refractivity contribution in [3.8, 4) is 0 Å². The summed E-state index contributed by atoms with van der Waals surface area (Å²) in [7, 11) is 0. The first-order valence-electron chi connectivity index (χ1n) is 7.18.